The SMILES string of the molecule is C=CCOc1cccc(NC(=S)N[C@H](C)CC(C)(C)c2ccccc2)c1. The van der Waals surface area contributed by atoms with Crippen LogP contribution in [0.3, 0.4) is 0 Å². The Morgan fingerprint density at radius 2 is 1.92 bits per heavy atom. The molecule has 0 aliphatic carbocycles. The van der Waals surface area contributed by atoms with Gasteiger partial charge in [-0.25, -0.2) is 0 Å². The Hall–Kier alpha value is -2.33. The summed E-state index contributed by atoms with van der Waals surface area (Å²) >= 11 is 5.47. The van der Waals surface area contributed by atoms with Crippen LogP contribution in [0.1, 0.15) is 32.8 Å². The van der Waals surface area contributed by atoms with Gasteiger partial charge >= 0.3 is 0 Å². The number of benzene rings is 2. The number of anilines is 1. The van der Waals surface area contributed by atoms with Gasteiger partial charge < -0.3 is 15.4 Å². The summed E-state index contributed by atoms with van der Waals surface area (Å²) in [5, 5.41) is 7.22. The minimum Gasteiger partial charge on any atom is -0.489 e. The Balaban J connectivity index is 1.90. The Bertz CT molecular complexity index is 728. The van der Waals surface area contributed by atoms with E-state index in [-0.39, 0.29) is 11.5 Å². The zero-order valence-electron chi connectivity index (χ0n) is 15.8. The van der Waals surface area contributed by atoms with E-state index in [2.05, 4.69) is 62.2 Å². The number of nitrogens with one attached hydrogen (secondary N) is 2. The van der Waals surface area contributed by atoms with Crippen molar-refractivity contribution in [3.63, 3.8) is 0 Å². The molecule has 0 bridgehead atoms. The minimum absolute atomic E-state index is 0.0712. The third-order valence-electron chi connectivity index (χ3n) is 4.21. The first-order valence-corrected chi connectivity index (χ1v) is 9.28. The van der Waals surface area contributed by atoms with E-state index in [0.29, 0.717) is 11.7 Å². The molecule has 0 amide bonds. The van der Waals surface area contributed by atoms with E-state index in [0.717, 1.165) is 17.9 Å². The summed E-state index contributed by atoms with van der Waals surface area (Å²) in [5.74, 6) is 0.788. The molecule has 0 unspecified atom stereocenters. The highest BCUT2D eigenvalue weighted by molar-refractivity contribution is 7.80. The van der Waals surface area contributed by atoms with Crippen molar-refractivity contribution in [2.45, 2.75) is 38.6 Å². The number of hydrogen-bond acceptors (Lipinski definition) is 2. The standard InChI is InChI=1S/C22H28N2OS/c1-5-14-25-20-13-9-12-19(15-20)24-21(26)23-17(2)16-22(3,4)18-10-7-6-8-11-18/h5-13,15,17H,1,14,16H2,2-4H3,(H2,23,24,26)/t17-/m1/s1. The van der Waals surface area contributed by atoms with Crippen LogP contribution in [0.15, 0.2) is 67.3 Å². The fourth-order valence-corrected chi connectivity index (χ4v) is 3.35. The quantitative estimate of drug-likeness (QED) is 0.490. The predicted molar refractivity (Wildman–Crippen MR) is 115 cm³/mol. The Morgan fingerprint density at radius 3 is 2.62 bits per heavy atom. The first-order chi connectivity index (χ1) is 12.4. The third kappa shape index (κ3) is 6.19. The number of thiocarbonyl (C=S) groups is 1. The average molecular weight is 369 g/mol. The number of ether oxygens (including phenoxy) is 1. The Morgan fingerprint density at radius 1 is 1.19 bits per heavy atom. The summed E-state index contributed by atoms with van der Waals surface area (Å²) in [6, 6.07) is 18.6. The highest BCUT2D eigenvalue weighted by atomic mass is 32.1. The Labute approximate surface area is 162 Å². The highest BCUT2D eigenvalue weighted by Gasteiger charge is 2.23. The van der Waals surface area contributed by atoms with Crippen LogP contribution in [-0.4, -0.2) is 17.8 Å². The maximum Gasteiger partial charge on any atom is 0.170 e. The van der Waals surface area contributed by atoms with Crippen molar-refractivity contribution in [1.82, 2.24) is 5.32 Å². The van der Waals surface area contributed by atoms with E-state index in [4.69, 9.17) is 17.0 Å². The molecule has 0 radical (unpaired) electrons. The highest BCUT2D eigenvalue weighted by Crippen LogP contribution is 2.28. The largest absolute Gasteiger partial charge is 0.489 e. The van der Waals surface area contributed by atoms with E-state index in [1.165, 1.54) is 5.56 Å². The van der Waals surface area contributed by atoms with Crippen LogP contribution in [0.2, 0.25) is 0 Å². The molecule has 0 aliphatic heterocycles. The second-order valence-electron chi connectivity index (χ2n) is 7.08. The molecule has 138 valence electrons. The second-order valence-corrected chi connectivity index (χ2v) is 7.49. The molecular weight excluding hydrogens is 340 g/mol. The van der Waals surface area contributed by atoms with Gasteiger partial charge in [-0.3, -0.25) is 0 Å². The van der Waals surface area contributed by atoms with Crippen LogP contribution in [0.4, 0.5) is 5.69 Å². The van der Waals surface area contributed by atoms with Gasteiger partial charge in [-0.1, -0.05) is 62.9 Å². The summed E-state index contributed by atoms with van der Waals surface area (Å²) in [4.78, 5) is 0. The molecule has 0 aliphatic rings. The molecule has 1 atom stereocenters. The molecule has 2 N–H and O–H groups in total. The lowest BCUT2D eigenvalue weighted by Crippen LogP contribution is -2.39. The van der Waals surface area contributed by atoms with Crippen molar-refractivity contribution in [1.29, 1.82) is 0 Å². The third-order valence-corrected chi connectivity index (χ3v) is 4.43. The lowest BCUT2D eigenvalue weighted by molar-refractivity contribution is 0.363. The maximum atomic E-state index is 5.55. The maximum absolute atomic E-state index is 5.55. The summed E-state index contributed by atoms with van der Waals surface area (Å²) in [5.41, 5.74) is 2.31. The minimum atomic E-state index is 0.0712. The topological polar surface area (TPSA) is 33.3 Å². The first-order valence-electron chi connectivity index (χ1n) is 8.87. The average Bonchev–Trinajstić information content (AvgIpc) is 2.60. The van der Waals surface area contributed by atoms with Crippen molar-refractivity contribution in [2.24, 2.45) is 0 Å². The Kier molecular flexibility index (Phi) is 7.22. The van der Waals surface area contributed by atoms with Gasteiger partial charge in [0.15, 0.2) is 5.11 Å². The van der Waals surface area contributed by atoms with Crippen LogP contribution in [0.25, 0.3) is 0 Å². The summed E-state index contributed by atoms with van der Waals surface area (Å²) in [7, 11) is 0. The van der Waals surface area contributed by atoms with Crippen LogP contribution >= 0.6 is 12.2 Å². The van der Waals surface area contributed by atoms with E-state index in [9.17, 15) is 0 Å². The molecular formula is C22H28N2OS. The van der Waals surface area contributed by atoms with Gasteiger partial charge in [-0.2, -0.15) is 0 Å². The molecule has 2 rings (SSSR count). The molecule has 0 heterocycles. The molecule has 26 heavy (non-hydrogen) atoms. The zero-order chi connectivity index (χ0) is 19.0. The smallest absolute Gasteiger partial charge is 0.170 e. The molecule has 4 heteroatoms. The van der Waals surface area contributed by atoms with Crippen molar-refractivity contribution < 1.29 is 4.74 Å². The summed E-state index contributed by atoms with van der Waals surface area (Å²) in [6.07, 6.45) is 2.70. The fraction of sp³-hybridized carbons (Fsp3) is 0.318. The molecule has 0 saturated heterocycles. The number of rotatable bonds is 8. The van der Waals surface area contributed by atoms with Gasteiger partial charge in [-0.05, 0) is 48.7 Å². The first kappa shape index (κ1) is 20.0. The molecule has 2 aromatic rings. The fourth-order valence-electron chi connectivity index (χ4n) is 3.03. The van der Waals surface area contributed by atoms with E-state index in [1.807, 2.05) is 30.3 Å². The van der Waals surface area contributed by atoms with Gasteiger partial charge in [0.05, 0.1) is 0 Å². The van der Waals surface area contributed by atoms with Crippen molar-refractivity contribution in [3.05, 3.63) is 72.8 Å². The lowest BCUT2D eigenvalue weighted by atomic mass is 9.79. The van der Waals surface area contributed by atoms with E-state index >= 15 is 0 Å². The molecule has 0 aromatic heterocycles. The van der Waals surface area contributed by atoms with Gasteiger partial charge in [0.1, 0.15) is 12.4 Å². The van der Waals surface area contributed by atoms with Crippen LogP contribution < -0.4 is 15.4 Å². The van der Waals surface area contributed by atoms with Crippen LogP contribution in [0.5, 0.6) is 5.75 Å². The van der Waals surface area contributed by atoms with Crippen molar-refractivity contribution in [3.8, 4) is 5.75 Å². The summed E-state index contributed by atoms with van der Waals surface area (Å²) < 4.78 is 5.55. The monoisotopic (exact) mass is 368 g/mol. The normalized spacial score (nSPS) is 12.1. The molecule has 3 nitrogen and oxygen atoms in total. The summed E-state index contributed by atoms with van der Waals surface area (Å²) in [6.45, 7) is 10.8. The molecule has 0 saturated carbocycles. The van der Waals surface area contributed by atoms with Gasteiger partial charge in [-0.15, -0.1) is 0 Å². The van der Waals surface area contributed by atoms with Crippen molar-refractivity contribution in [2.75, 3.05) is 11.9 Å². The van der Waals surface area contributed by atoms with Gasteiger partial charge in [0.2, 0.25) is 0 Å². The van der Waals surface area contributed by atoms with Crippen LogP contribution in [0, 0.1) is 0 Å². The van der Waals surface area contributed by atoms with E-state index < -0.39 is 0 Å². The van der Waals surface area contributed by atoms with Gasteiger partial charge in [0.25, 0.3) is 0 Å². The van der Waals surface area contributed by atoms with Crippen LogP contribution in [-0.2, 0) is 5.41 Å². The molecule has 0 fully saturated rings. The zero-order valence-corrected chi connectivity index (χ0v) is 16.6. The molecule has 2 aromatic carbocycles. The second kappa shape index (κ2) is 9.39. The number of hydrogen-bond donors (Lipinski definition) is 2. The van der Waals surface area contributed by atoms with Crippen molar-refractivity contribution >= 4 is 23.0 Å². The van der Waals surface area contributed by atoms with Gasteiger partial charge in [0, 0.05) is 17.8 Å². The lowest BCUT2D eigenvalue weighted by Gasteiger charge is -2.29. The van der Waals surface area contributed by atoms with E-state index in [1.54, 1.807) is 6.08 Å². The molecule has 0 spiro atoms. The predicted octanol–water partition coefficient (Wildman–Crippen LogP) is 5.29.